The molecule has 4 heteroatoms. The molecule has 0 spiro atoms. The average molecular weight is 274 g/mol. The summed E-state index contributed by atoms with van der Waals surface area (Å²) in [7, 11) is 2.02. The van der Waals surface area contributed by atoms with Gasteiger partial charge < -0.3 is 4.90 Å². The number of carbonyl (C=O) groups is 1. The van der Waals surface area contributed by atoms with Gasteiger partial charge in [0.2, 0.25) is 0 Å². The summed E-state index contributed by atoms with van der Waals surface area (Å²) in [5.74, 6) is 0.564. The first-order valence-electron chi connectivity index (χ1n) is 6.34. The lowest BCUT2D eigenvalue weighted by Gasteiger charge is -2.17. The number of nitrogens with zero attached hydrogens (tertiary/aromatic N) is 2. The fourth-order valence-electron chi connectivity index (χ4n) is 1.99. The van der Waals surface area contributed by atoms with Crippen LogP contribution in [0.1, 0.15) is 23.5 Å². The molecule has 0 aliphatic rings. The molecule has 0 amide bonds. The van der Waals surface area contributed by atoms with E-state index in [0.29, 0.717) is 10.8 Å². The first kappa shape index (κ1) is 13.7. The lowest BCUT2D eigenvalue weighted by Crippen LogP contribution is -2.22. The summed E-state index contributed by atoms with van der Waals surface area (Å²) >= 11 is 1.45. The molecule has 0 radical (unpaired) electrons. The highest BCUT2D eigenvalue weighted by Crippen LogP contribution is 2.31. The van der Waals surface area contributed by atoms with Crippen molar-refractivity contribution >= 4 is 22.8 Å². The molecule has 2 rings (SSSR count). The van der Waals surface area contributed by atoms with E-state index in [2.05, 4.69) is 23.7 Å². The summed E-state index contributed by atoms with van der Waals surface area (Å²) in [5.41, 5.74) is 1.77. The molecule has 0 unspecified atom stereocenters. The number of benzene rings is 1. The predicted octanol–water partition coefficient (Wildman–Crippen LogP) is 3.71. The molecule has 2 aromatic rings. The van der Waals surface area contributed by atoms with Gasteiger partial charge in [0.05, 0.1) is 10.6 Å². The van der Waals surface area contributed by atoms with Crippen molar-refractivity contribution < 1.29 is 4.79 Å². The summed E-state index contributed by atoms with van der Waals surface area (Å²) in [5, 5.41) is 0.898. The second-order valence-electron chi connectivity index (χ2n) is 4.97. The van der Waals surface area contributed by atoms with Gasteiger partial charge in [-0.3, -0.25) is 4.79 Å². The van der Waals surface area contributed by atoms with Crippen molar-refractivity contribution in [3.63, 3.8) is 0 Å². The Labute approximate surface area is 117 Å². The minimum Gasteiger partial charge on any atom is -0.351 e. The fraction of sp³-hybridized carbons (Fsp3) is 0.333. The van der Waals surface area contributed by atoms with Crippen LogP contribution in [0.25, 0.3) is 11.3 Å². The van der Waals surface area contributed by atoms with Crippen molar-refractivity contribution in [3.05, 3.63) is 35.2 Å². The molecule has 0 bridgehead atoms. The van der Waals surface area contributed by atoms with Gasteiger partial charge in [-0.25, -0.2) is 4.98 Å². The Bertz CT molecular complexity index is 549. The van der Waals surface area contributed by atoms with Crippen LogP contribution in [0.3, 0.4) is 0 Å². The molecule has 0 fully saturated rings. The Kier molecular flexibility index (Phi) is 4.32. The summed E-state index contributed by atoms with van der Waals surface area (Å²) in [6, 6.07) is 9.84. The van der Waals surface area contributed by atoms with Gasteiger partial charge in [0.15, 0.2) is 11.4 Å². The predicted molar refractivity (Wildman–Crippen MR) is 81.0 cm³/mol. The number of anilines is 1. The van der Waals surface area contributed by atoms with Gasteiger partial charge in [-0.2, -0.15) is 0 Å². The third-order valence-electron chi connectivity index (χ3n) is 2.76. The van der Waals surface area contributed by atoms with Crippen LogP contribution in [0, 0.1) is 5.92 Å². The standard InChI is InChI=1S/C15H18N2OS/c1-11(2)9-17(3)15-16-14(13(10-18)19-15)12-7-5-4-6-8-12/h4-8,10-11H,9H2,1-3H3. The average Bonchev–Trinajstić information content (AvgIpc) is 2.83. The van der Waals surface area contributed by atoms with Crippen LogP contribution >= 0.6 is 11.3 Å². The van der Waals surface area contributed by atoms with Gasteiger partial charge in [0, 0.05) is 19.2 Å². The molecule has 0 aliphatic carbocycles. The molecule has 100 valence electrons. The lowest BCUT2D eigenvalue weighted by atomic mass is 10.1. The Morgan fingerprint density at radius 3 is 2.58 bits per heavy atom. The van der Waals surface area contributed by atoms with Gasteiger partial charge in [0.1, 0.15) is 0 Å². The number of thiazole rings is 1. The van der Waals surface area contributed by atoms with Gasteiger partial charge in [-0.15, -0.1) is 0 Å². The molecule has 0 saturated heterocycles. The van der Waals surface area contributed by atoms with E-state index in [9.17, 15) is 4.79 Å². The maximum Gasteiger partial charge on any atom is 0.186 e. The lowest BCUT2D eigenvalue weighted by molar-refractivity contribution is 0.112. The molecule has 1 aromatic heterocycles. The van der Waals surface area contributed by atoms with E-state index in [1.807, 2.05) is 37.4 Å². The maximum absolute atomic E-state index is 11.2. The zero-order valence-electron chi connectivity index (χ0n) is 11.5. The van der Waals surface area contributed by atoms with E-state index in [0.717, 1.165) is 29.2 Å². The molecule has 1 heterocycles. The highest BCUT2D eigenvalue weighted by Gasteiger charge is 2.15. The van der Waals surface area contributed by atoms with Crippen molar-refractivity contribution in [2.24, 2.45) is 5.92 Å². The normalized spacial score (nSPS) is 10.7. The van der Waals surface area contributed by atoms with Crippen molar-refractivity contribution in [2.45, 2.75) is 13.8 Å². The van der Waals surface area contributed by atoms with E-state index >= 15 is 0 Å². The number of hydrogen-bond acceptors (Lipinski definition) is 4. The van der Waals surface area contributed by atoms with E-state index < -0.39 is 0 Å². The number of aldehydes is 1. The van der Waals surface area contributed by atoms with Crippen LogP contribution in [0.4, 0.5) is 5.13 Å². The molecule has 1 aromatic carbocycles. The fourth-order valence-corrected chi connectivity index (χ4v) is 2.86. The van der Waals surface area contributed by atoms with Crippen LogP contribution in [0.15, 0.2) is 30.3 Å². The van der Waals surface area contributed by atoms with E-state index in [1.165, 1.54) is 11.3 Å². The zero-order valence-corrected chi connectivity index (χ0v) is 12.3. The second-order valence-corrected chi connectivity index (χ2v) is 5.98. The molecule has 0 saturated carbocycles. The third-order valence-corrected chi connectivity index (χ3v) is 3.86. The summed E-state index contributed by atoms with van der Waals surface area (Å²) in [4.78, 5) is 18.6. The number of rotatable bonds is 5. The topological polar surface area (TPSA) is 33.2 Å². The first-order chi connectivity index (χ1) is 9.11. The van der Waals surface area contributed by atoms with Gasteiger partial charge in [-0.1, -0.05) is 55.5 Å². The molecule has 0 aliphatic heterocycles. The molecule has 0 N–H and O–H groups in total. The van der Waals surface area contributed by atoms with Crippen molar-refractivity contribution in [3.8, 4) is 11.3 Å². The van der Waals surface area contributed by atoms with Crippen LogP contribution in [-0.2, 0) is 0 Å². The number of hydrogen-bond donors (Lipinski definition) is 0. The molecular weight excluding hydrogens is 256 g/mol. The molecule has 3 nitrogen and oxygen atoms in total. The van der Waals surface area contributed by atoms with Crippen LogP contribution in [0.2, 0.25) is 0 Å². The van der Waals surface area contributed by atoms with Gasteiger partial charge in [-0.05, 0) is 5.92 Å². The minimum absolute atomic E-state index is 0.564. The summed E-state index contributed by atoms with van der Waals surface area (Å²) in [6.07, 6.45) is 0.896. The van der Waals surface area contributed by atoms with E-state index in [1.54, 1.807) is 0 Å². The number of carbonyl (C=O) groups excluding carboxylic acids is 1. The number of aromatic nitrogens is 1. The smallest absolute Gasteiger partial charge is 0.186 e. The molecule has 19 heavy (non-hydrogen) atoms. The quantitative estimate of drug-likeness (QED) is 0.779. The molecule has 0 atom stereocenters. The minimum atomic E-state index is 0.564. The second kappa shape index (κ2) is 5.97. The highest BCUT2D eigenvalue weighted by molar-refractivity contribution is 7.17. The Morgan fingerprint density at radius 2 is 2.00 bits per heavy atom. The maximum atomic E-state index is 11.2. The van der Waals surface area contributed by atoms with Crippen LogP contribution in [-0.4, -0.2) is 24.9 Å². The third kappa shape index (κ3) is 3.20. The SMILES string of the molecule is CC(C)CN(C)c1nc(-c2ccccc2)c(C=O)s1. The van der Waals surface area contributed by atoms with Gasteiger partial charge >= 0.3 is 0 Å². The van der Waals surface area contributed by atoms with E-state index in [-0.39, 0.29) is 0 Å². The van der Waals surface area contributed by atoms with Crippen LogP contribution < -0.4 is 4.90 Å². The van der Waals surface area contributed by atoms with Gasteiger partial charge in [0.25, 0.3) is 0 Å². The Hall–Kier alpha value is -1.68. The molecular formula is C15H18N2OS. The monoisotopic (exact) mass is 274 g/mol. The highest BCUT2D eigenvalue weighted by atomic mass is 32.1. The van der Waals surface area contributed by atoms with Crippen molar-refractivity contribution in [2.75, 3.05) is 18.5 Å². The largest absolute Gasteiger partial charge is 0.351 e. The Balaban J connectivity index is 2.35. The summed E-state index contributed by atoms with van der Waals surface area (Å²) in [6.45, 7) is 5.27. The zero-order chi connectivity index (χ0) is 13.8. The van der Waals surface area contributed by atoms with Crippen molar-refractivity contribution in [1.29, 1.82) is 0 Å². The van der Waals surface area contributed by atoms with Crippen molar-refractivity contribution in [1.82, 2.24) is 4.98 Å². The van der Waals surface area contributed by atoms with E-state index in [4.69, 9.17) is 0 Å². The Morgan fingerprint density at radius 1 is 1.32 bits per heavy atom. The van der Waals surface area contributed by atoms with Crippen LogP contribution in [0.5, 0.6) is 0 Å². The summed E-state index contributed by atoms with van der Waals surface area (Å²) < 4.78 is 0. The first-order valence-corrected chi connectivity index (χ1v) is 7.16.